The van der Waals surface area contributed by atoms with Crippen LogP contribution in [0.2, 0.25) is 0 Å². The molecule has 1 aromatic carbocycles. The molecule has 0 bridgehead atoms. The van der Waals surface area contributed by atoms with Crippen LogP contribution in [0, 0.1) is 0 Å². The highest BCUT2D eigenvalue weighted by atomic mass is 16.5. The Morgan fingerprint density at radius 3 is 2.95 bits per heavy atom. The van der Waals surface area contributed by atoms with Crippen molar-refractivity contribution in [1.82, 2.24) is 4.90 Å². The predicted molar refractivity (Wildman–Crippen MR) is 75.9 cm³/mol. The fourth-order valence-electron chi connectivity index (χ4n) is 1.83. The SMILES string of the molecule is COCCCN(C)Cc1cccc(C=CC(=O)O)c1. The molecule has 1 rings (SSSR count). The summed E-state index contributed by atoms with van der Waals surface area (Å²) in [7, 11) is 3.77. The quantitative estimate of drug-likeness (QED) is 0.577. The molecule has 19 heavy (non-hydrogen) atoms. The number of aliphatic carboxylic acids is 1. The summed E-state index contributed by atoms with van der Waals surface area (Å²) in [6, 6.07) is 7.89. The van der Waals surface area contributed by atoms with Gasteiger partial charge in [0.1, 0.15) is 0 Å². The molecule has 0 fully saturated rings. The molecule has 0 unspecified atom stereocenters. The maximum atomic E-state index is 10.5. The number of nitrogens with zero attached hydrogens (tertiary/aromatic N) is 1. The van der Waals surface area contributed by atoms with Gasteiger partial charge in [-0.25, -0.2) is 4.79 Å². The number of hydrogen-bond donors (Lipinski definition) is 1. The second-order valence-electron chi connectivity index (χ2n) is 4.50. The van der Waals surface area contributed by atoms with Gasteiger partial charge in [-0.1, -0.05) is 24.3 Å². The minimum absolute atomic E-state index is 0.770. The van der Waals surface area contributed by atoms with Gasteiger partial charge >= 0.3 is 5.97 Å². The van der Waals surface area contributed by atoms with Crippen LogP contribution in [0.15, 0.2) is 30.3 Å². The smallest absolute Gasteiger partial charge is 0.328 e. The van der Waals surface area contributed by atoms with E-state index in [1.807, 2.05) is 24.3 Å². The number of benzene rings is 1. The van der Waals surface area contributed by atoms with Gasteiger partial charge in [-0.05, 0) is 30.7 Å². The minimum Gasteiger partial charge on any atom is -0.478 e. The standard InChI is InChI=1S/C15H21NO3/c1-16(9-4-10-19-2)12-14-6-3-5-13(11-14)7-8-15(17)18/h3,5-8,11H,4,9-10,12H2,1-2H3,(H,17,18). The van der Waals surface area contributed by atoms with Crippen LogP contribution in [0.4, 0.5) is 0 Å². The van der Waals surface area contributed by atoms with E-state index < -0.39 is 5.97 Å². The lowest BCUT2D eigenvalue weighted by atomic mass is 10.1. The van der Waals surface area contributed by atoms with Crippen LogP contribution in [0.25, 0.3) is 6.08 Å². The lowest BCUT2D eigenvalue weighted by Gasteiger charge is -2.16. The molecule has 0 saturated carbocycles. The van der Waals surface area contributed by atoms with Crippen molar-refractivity contribution in [2.24, 2.45) is 0 Å². The van der Waals surface area contributed by atoms with Gasteiger partial charge in [-0.15, -0.1) is 0 Å². The average molecular weight is 263 g/mol. The Balaban J connectivity index is 2.54. The predicted octanol–water partition coefficient (Wildman–Crippen LogP) is 2.25. The molecule has 0 atom stereocenters. The molecule has 0 aromatic heterocycles. The van der Waals surface area contributed by atoms with Gasteiger partial charge in [0.15, 0.2) is 0 Å². The summed E-state index contributed by atoms with van der Waals surface area (Å²) in [5.74, 6) is -0.929. The molecule has 104 valence electrons. The molecule has 4 nitrogen and oxygen atoms in total. The summed E-state index contributed by atoms with van der Waals surface area (Å²) in [5, 5.41) is 8.60. The first-order valence-corrected chi connectivity index (χ1v) is 6.29. The molecular weight excluding hydrogens is 242 g/mol. The topological polar surface area (TPSA) is 49.8 Å². The first-order valence-electron chi connectivity index (χ1n) is 6.29. The van der Waals surface area contributed by atoms with Gasteiger partial charge in [0.05, 0.1) is 0 Å². The van der Waals surface area contributed by atoms with Crippen LogP contribution < -0.4 is 0 Å². The maximum absolute atomic E-state index is 10.5. The Morgan fingerprint density at radius 2 is 2.26 bits per heavy atom. The summed E-state index contributed by atoms with van der Waals surface area (Å²) >= 11 is 0. The van der Waals surface area contributed by atoms with Gasteiger partial charge in [-0.2, -0.15) is 0 Å². The molecule has 0 spiro atoms. The number of rotatable bonds is 8. The molecule has 0 aliphatic heterocycles. The zero-order valence-corrected chi connectivity index (χ0v) is 11.5. The summed E-state index contributed by atoms with van der Waals surface area (Å²) < 4.78 is 5.02. The monoisotopic (exact) mass is 263 g/mol. The van der Waals surface area contributed by atoms with Crippen LogP contribution in [0.3, 0.4) is 0 Å². The van der Waals surface area contributed by atoms with E-state index in [9.17, 15) is 4.79 Å². The van der Waals surface area contributed by atoms with Crippen LogP contribution >= 0.6 is 0 Å². The molecule has 0 aliphatic carbocycles. The van der Waals surface area contributed by atoms with Crippen molar-refractivity contribution >= 4 is 12.0 Å². The van der Waals surface area contributed by atoms with Gasteiger partial charge in [0.2, 0.25) is 0 Å². The Hall–Kier alpha value is -1.65. The lowest BCUT2D eigenvalue weighted by Crippen LogP contribution is -2.20. The average Bonchev–Trinajstić information content (AvgIpc) is 2.37. The zero-order valence-electron chi connectivity index (χ0n) is 11.5. The van der Waals surface area contributed by atoms with Gasteiger partial charge < -0.3 is 14.7 Å². The Labute approximate surface area is 114 Å². The van der Waals surface area contributed by atoms with Crippen molar-refractivity contribution in [3.8, 4) is 0 Å². The number of hydrogen-bond acceptors (Lipinski definition) is 3. The molecule has 0 saturated heterocycles. The molecule has 1 N–H and O–H groups in total. The number of carboxylic acid groups (broad SMARTS) is 1. The third kappa shape index (κ3) is 6.74. The van der Waals surface area contributed by atoms with Crippen LogP contribution in [-0.2, 0) is 16.1 Å². The van der Waals surface area contributed by atoms with Crippen LogP contribution in [-0.4, -0.2) is 43.3 Å². The summed E-state index contributed by atoms with van der Waals surface area (Å²) in [5.41, 5.74) is 2.08. The van der Waals surface area contributed by atoms with E-state index in [1.54, 1.807) is 13.2 Å². The highest BCUT2D eigenvalue weighted by Gasteiger charge is 2.00. The minimum atomic E-state index is -0.929. The summed E-state index contributed by atoms with van der Waals surface area (Å²) in [6.45, 7) is 2.59. The normalized spacial score (nSPS) is 11.3. The van der Waals surface area contributed by atoms with Crippen molar-refractivity contribution in [3.63, 3.8) is 0 Å². The van der Waals surface area contributed by atoms with E-state index in [2.05, 4.69) is 11.9 Å². The van der Waals surface area contributed by atoms with Crippen LogP contribution in [0.5, 0.6) is 0 Å². The Bertz CT molecular complexity index is 429. The first-order chi connectivity index (χ1) is 9.11. The van der Waals surface area contributed by atoms with E-state index >= 15 is 0 Å². The third-order valence-corrected chi connectivity index (χ3v) is 2.71. The van der Waals surface area contributed by atoms with Crippen molar-refractivity contribution in [1.29, 1.82) is 0 Å². The Kier molecular flexibility index (Phi) is 6.85. The third-order valence-electron chi connectivity index (χ3n) is 2.71. The first kappa shape index (κ1) is 15.4. The zero-order chi connectivity index (χ0) is 14.1. The highest BCUT2D eigenvalue weighted by Crippen LogP contribution is 2.09. The van der Waals surface area contributed by atoms with E-state index in [-0.39, 0.29) is 0 Å². The molecule has 0 radical (unpaired) electrons. The number of carbonyl (C=O) groups is 1. The van der Waals surface area contributed by atoms with E-state index in [4.69, 9.17) is 9.84 Å². The van der Waals surface area contributed by atoms with Crippen molar-refractivity contribution < 1.29 is 14.6 Å². The van der Waals surface area contributed by atoms with E-state index in [1.165, 1.54) is 5.56 Å². The van der Waals surface area contributed by atoms with Gasteiger partial charge in [0.25, 0.3) is 0 Å². The molecule has 4 heteroatoms. The van der Waals surface area contributed by atoms with E-state index in [0.29, 0.717) is 0 Å². The van der Waals surface area contributed by atoms with E-state index in [0.717, 1.165) is 37.8 Å². The number of methoxy groups -OCH3 is 1. The van der Waals surface area contributed by atoms with Crippen molar-refractivity contribution in [3.05, 3.63) is 41.5 Å². The number of ether oxygens (including phenoxy) is 1. The second-order valence-corrected chi connectivity index (χ2v) is 4.50. The van der Waals surface area contributed by atoms with Crippen LogP contribution in [0.1, 0.15) is 17.5 Å². The van der Waals surface area contributed by atoms with Crippen molar-refractivity contribution in [2.45, 2.75) is 13.0 Å². The van der Waals surface area contributed by atoms with Crippen molar-refractivity contribution in [2.75, 3.05) is 27.3 Å². The lowest BCUT2D eigenvalue weighted by molar-refractivity contribution is -0.131. The highest BCUT2D eigenvalue weighted by molar-refractivity contribution is 5.85. The fourth-order valence-corrected chi connectivity index (χ4v) is 1.83. The molecular formula is C15H21NO3. The molecule has 0 heterocycles. The molecule has 1 aromatic rings. The Morgan fingerprint density at radius 1 is 1.47 bits per heavy atom. The molecule has 0 amide bonds. The maximum Gasteiger partial charge on any atom is 0.328 e. The number of carboxylic acids is 1. The second kappa shape index (κ2) is 8.45. The molecule has 0 aliphatic rings. The summed E-state index contributed by atoms with van der Waals surface area (Å²) in [6.07, 6.45) is 3.77. The largest absolute Gasteiger partial charge is 0.478 e. The fraction of sp³-hybridized carbons (Fsp3) is 0.400. The van der Waals surface area contributed by atoms with Gasteiger partial charge in [-0.3, -0.25) is 0 Å². The summed E-state index contributed by atoms with van der Waals surface area (Å²) in [4.78, 5) is 12.7. The van der Waals surface area contributed by atoms with Gasteiger partial charge in [0, 0.05) is 32.9 Å².